The largest absolute Gasteiger partial charge is 0.497 e. The van der Waals surface area contributed by atoms with Crippen LogP contribution in [-0.4, -0.2) is 25.1 Å². The van der Waals surface area contributed by atoms with Crippen LogP contribution in [0, 0.1) is 0 Å². The van der Waals surface area contributed by atoms with Crippen molar-refractivity contribution in [3.8, 4) is 5.75 Å². The number of methoxy groups -OCH3 is 1. The minimum Gasteiger partial charge on any atom is -0.497 e. The van der Waals surface area contributed by atoms with Crippen molar-refractivity contribution < 1.29 is 19.1 Å². The van der Waals surface area contributed by atoms with Crippen molar-refractivity contribution in [2.24, 2.45) is 0 Å². The first-order valence-electron chi connectivity index (χ1n) is 6.40. The first kappa shape index (κ1) is 16.0. The lowest BCUT2D eigenvalue weighted by atomic mass is 10.0. The first-order chi connectivity index (χ1) is 9.26. The van der Waals surface area contributed by atoms with E-state index in [0.29, 0.717) is 17.0 Å². The van der Waals surface area contributed by atoms with Gasteiger partial charge in [0.2, 0.25) is 0 Å². The summed E-state index contributed by atoms with van der Waals surface area (Å²) in [6, 6.07) is 5.17. The lowest BCUT2D eigenvalue weighted by Crippen LogP contribution is -2.27. The molecule has 1 aromatic carbocycles. The summed E-state index contributed by atoms with van der Waals surface area (Å²) < 4.78 is 10.3. The average molecular weight is 279 g/mol. The minimum atomic E-state index is -0.584. The van der Waals surface area contributed by atoms with Crippen LogP contribution in [0.2, 0.25) is 0 Å². The summed E-state index contributed by atoms with van der Waals surface area (Å²) in [6.07, 6.45) is 0.257. The Hall–Kier alpha value is -2.04. The fourth-order valence-electron chi connectivity index (χ4n) is 1.65. The van der Waals surface area contributed by atoms with Crippen molar-refractivity contribution in [1.29, 1.82) is 0 Å². The van der Waals surface area contributed by atoms with E-state index < -0.39 is 11.7 Å². The number of rotatable bonds is 4. The molecule has 1 amide bonds. The lowest BCUT2D eigenvalue weighted by molar-refractivity contribution is -0.108. The molecule has 0 aliphatic heterocycles. The SMILES string of the molecule is COc1ccc(C(C)C=O)c(NC(=O)OC(C)(C)C)c1. The summed E-state index contributed by atoms with van der Waals surface area (Å²) in [5.74, 6) is 0.267. The molecule has 0 saturated heterocycles. The summed E-state index contributed by atoms with van der Waals surface area (Å²) in [6.45, 7) is 7.11. The van der Waals surface area contributed by atoms with Gasteiger partial charge in [0, 0.05) is 12.0 Å². The van der Waals surface area contributed by atoms with Crippen LogP contribution in [0.15, 0.2) is 18.2 Å². The van der Waals surface area contributed by atoms with Gasteiger partial charge in [0.25, 0.3) is 0 Å². The van der Waals surface area contributed by atoms with E-state index in [0.717, 1.165) is 6.29 Å². The Balaban J connectivity index is 3.01. The highest BCUT2D eigenvalue weighted by atomic mass is 16.6. The third-order valence-corrected chi connectivity index (χ3v) is 2.59. The molecule has 1 aromatic rings. The predicted octanol–water partition coefficient (Wildman–Crippen LogP) is 3.34. The van der Waals surface area contributed by atoms with Crippen LogP contribution >= 0.6 is 0 Å². The van der Waals surface area contributed by atoms with Crippen molar-refractivity contribution in [3.05, 3.63) is 23.8 Å². The standard InChI is InChI=1S/C15H21NO4/c1-10(9-17)12-7-6-11(19-5)8-13(12)16-14(18)20-15(2,3)4/h6-10H,1-5H3,(H,16,18). The molecule has 5 nitrogen and oxygen atoms in total. The third-order valence-electron chi connectivity index (χ3n) is 2.59. The maximum atomic E-state index is 11.8. The van der Waals surface area contributed by atoms with E-state index in [-0.39, 0.29) is 5.92 Å². The first-order valence-corrected chi connectivity index (χ1v) is 6.40. The Morgan fingerprint density at radius 3 is 2.50 bits per heavy atom. The molecule has 1 rings (SSSR count). The van der Waals surface area contributed by atoms with Gasteiger partial charge in [-0.05, 0) is 32.4 Å². The van der Waals surface area contributed by atoms with Crippen LogP contribution < -0.4 is 10.1 Å². The smallest absolute Gasteiger partial charge is 0.412 e. The Morgan fingerprint density at radius 2 is 2.00 bits per heavy atom. The zero-order valence-corrected chi connectivity index (χ0v) is 12.5. The Bertz CT molecular complexity index is 491. The summed E-state index contributed by atoms with van der Waals surface area (Å²) in [5.41, 5.74) is 0.643. The second-order valence-corrected chi connectivity index (χ2v) is 5.50. The molecule has 0 saturated carbocycles. The van der Waals surface area contributed by atoms with Gasteiger partial charge < -0.3 is 14.3 Å². The Kier molecular flexibility index (Phi) is 5.13. The van der Waals surface area contributed by atoms with Gasteiger partial charge in [-0.15, -0.1) is 0 Å². The fraction of sp³-hybridized carbons (Fsp3) is 0.467. The van der Waals surface area contributed by atoms with E-state index in [1.54, 1.807) is 45.9 Å². The van der Waals surface area contributed by atoms with E-state index in [1.165, 1.54) is 7.11 Å². The number of aldehydes is 1. The second-order valence-electron chi connectivity index (χ2n) is 5.50. The number of benzene rings is 1. The molecule has 0 spiro atoms. The molecular formula is C15H21NO4. The molecule has 0 aliphatic carbocycles. The van der Waals surface area contributed by atoms with E-state index in [9.17, 15) is 9.59 Å². The molecule has 5 heteroatoms. The molecule has 1 unspecified atom stereocenters. The number of hydrogen-bond donors (Lipinski definition) is 1. The topological polar surface area (TPSA) is 64.6 Å². The van der Waals surface area contributed by atoms with E-state index in [1.807, 2.05) is 0 Å². The van der Waals surface area contributed by atoms with Crippen molar-refractivity contribution in [3.63, 3.8) is 0 Å². The number of carbonyl (C=O) groups excluding carboxylic acids is 2. The second kappa shape index (κ2) is 6.41. The van der Waals surface area contributed by atoms with Crippen LogP contribution in [0.1, 0.15) is 39.2 Å². The summed E-state index contributed by atoms with van der Waals surface area (Å²) in [4.78, 5) is 22.8. The van der Waals surface area contributed by atoms with Gasteiger partial charge in [-0.25, -0.2) is 4.79 Å². The zero-order chi connectivity index (χ0) is 15.3. The van der Waals surface area contributed by atoms with E-state index >= 15 is 0 Å². The van der Waals surface area contributed by atoms with Crippen LogP contribution in [0.3, 0.4) is 0 Å². The number of amides is 1. The normalized spacial score (nSPS) is 12.4. The van der Waals surface area contributed by atoms with E-state index in [4.69, 9.17) is 9.47 Å². The molecule has 20 heavy (non-hydrogen) atoms. The zero-order valence-electron chi connectivity index (χ0n) is 12.5. The molecule has 0 fully saturated rings. The van der Waals surface area contributed by atoms with Gasteiger partial charge in [-0.2, -0.15) is 0 Å². The van der Waals surface area contributed by atoms with Crippen molar-refractivity contribution in [1.82, 2.24) is 0 Å². The van der Waals surface area contributed by atoms with E-state index in [2.05, 4.69) is 5.32 Å². The van der Waals surface area contributed by atoms with Crippen molar-refractivity contribution >= 4 is 18.1 Å². The maximum Gasteiger partial charge on any atom is 0.412 e. The highest BCUT2D eigenvalue weighted by Crippen LogP contribution is 2.28. The van der Waals surface area contributed by atoms with Gasteiger partial charge in [0.05, 0.1) is 12.8 Å². The molecule has 110 valence electrons. The number of anilines is 1. The quantitative estimate of drug-likeness (QED) is 0.858. The molecular weight excluding hydrogens is 258 g/mol. The van der Waals surface area contributed by atoms with Crippen LogP contribution in [-0.2, 0) is 9.53 Å². The number of nitrogens with one attached hydrogen (secondary N) is 1. The third kappa shape index (κ3) is 4.57. The van der Waals surface area contributed by atoms with Gasteiger partial charge in [-0.1, -0.05) is 13.0 Å². The Labute approximate surface area is 119 Å². The van der Waals surface area contributed by atoms with Gasteiger partial charge in [-0.3, -0.25) is 5.32 Å². The summed E-state index contributed by atoms with van der Waals surface area (Å²) >= 11 is 0. The monoisotopic (exact) mass is 279 g/mol. The minimum absolute atomic E-state index is 0.328. The molecule has 0 aromatic heterocycles. The maximum absolute atomic E-state index is 11.8. The lowest BCUT2D eigenvalue weighted by Gasteiger charge is -2.21. The molecule has 0 bridgehead atoms. The van der Waals surface area contributed by atoms with Gasteiger partial charge >= 0.3 is 6.09 Å². The predicted molar refractivity (Wildman–Crippen MR) is 77.3 cm³/mol. The van der Waals surface area contributed by atoms with Gasteiger partial charge in [0.1, 0.15) is 17.6 Å². The number of carbonyl (C=O) groups is 2. The molecule has 0 radical (unpaired) electrons. The molecule has 0 heterocycles. The van der Waals surface area contributed by atoms with Crippen LogP contribution in [0.5, 0.6) is 5.75 Å². The molecule has 0 aliphatic rings. The fourth-order valence-corrected chi connectivity index (χ4v) is 1.65. The summed E-state index contributed by atoms with van der Waals surface area (Å²) in [7, 11) is 1.54. The van der Waals surface area contributed by atoms with Crippen LogP contribution in [0.4, 0.5) is 10.5 Å². The number of hydrogen-bond acceptors (Lipinski definition) is 4. The van der Waals surface area contributed by atoms with Crippen molar-refractivity contribution in [2.75, 3.05) is 12.4 Å². The van der Waals surface area contributed by atoms with Gasteiger partial charge in [0.15, 0.2) is 0 Å². The molecule has 1 N–H and O–H groups in total. The van der Waals surface area contributed by atoms with Crippen molar-refractivity contribution in [2.45, 2.75) is 39.2 Å². The highest BCUT2D eigenvalue weighted by molar-refractivity contribution is 5.87. The van der Waals surface area contributed by atoms with Crippen LogP contribution in [0.25, 0.3) is 0 Å². The molecule has 1 atom stereocenters. The Morgan fingerprint density at radius 1 is 1.35 bits per heavy atom. The highest BCUT2D eigenvalue weighted by Gasteiger charge is 2.19. The average Bonchev–Trinajstić information content (AvgIpc) is 2.35. The summed E-state index contributed by atoms with van der Waals surface area (Å²) in [5, 5.41) is 2.66. The number of ether oxygens (including phenoxy) is 2.